The SMILES string of the molecule is O=C(COC(=O)CNC(=O)c1cccs1)N[C@@H]1CCCc2ccccc21. The Bertz CT molecular complexity index is 789. The second-order valence-corrected chi connectivity index (χ2v) is 6.98. The van der Waals surface area contributed by atoms with E-state index in [2.05, 4.69) is 16.7 Å². The molecule has 2 amide bonds. The van der Waals surface area contributed by atoms with Gasteiger partial charge in [0, 0.05) is 0 Å². The fraction of sp³-hybridized carbons (Fsp3) is 0.316. The van der Waals surface area contributed by atoms with Gasteiger partial charge in [0.15, 0.2) is 6.61 Å². The lowest BCUT2D eigenvalue weighted by atomic mass is 9.88. The predicted octanol–water partition coefficient (Wildman–Crippen LogP) is 2.21. The lowest BCUT2D eigenvalue weighted by Crippen LogP contribution is -2.36. The summed E-state index contributed by atoms with van der Waals surface area (Å²) in [4.78, 5) is 36.0. The summed E-state index contributed by atoms with van der Waals surface area (Å²) in [5.74, 6) is -1.32. The third kappa shape index (κ3) is 4.70. The average molecular weight is 372 g/mol. The molecule has 0 aliphatic heterocycles. The van der Waals surface area contributed by atoms with Gasteiger partial charge in [-0.3, -0.25) is 14.4 Å². The smallest absolute Gasteiger partial charge is 0.325 e. The quantitative estimate of drug-likeness (QED) is 0.762. The number of carbonyl (C=O) groups is 3. The van der Waals surface area contributed by atoms with Crippen molar-refractivity contribution in [3.05, 3.63) is 57.8 Å². The minimum absolute atomic E-state index is 0.0512. The van der Waals surface area contributed by atoms with E-state index in [1.54, 1.807) is 17.5 Å². The molecular formula is C19H20N2O4S. The van der Waals surface area contributed by atoms with Crippen LogP contribution in [0.1, 0.15) is 39.7 Å². The number of thiophene rings is 1. The number of hydrogen-bond donors (Lipinski definition) is 2. The number of carbonyl (C=O) groups excluding carboxylic acids is 3. The fourth-order valence-corrected chi connectivity index (χ4v) is 3.62. The minimum Gasteiger partial charge on any atom is -0.454 e. The van der Waals surface area contributed by atoms with Crippen LogP contribution in [0.4, 0.5) is 0 Å². The van der Waals surface area contributed by atoms with Crippen LogP contribution in [0.25, 0.3) is 0 Å². The van der Waals surface area contributed by atoms with Crippen molar-refractivity contribution in [2.75, 3.05) is 13.2 Å². The first kappa shape index (κ1) is 18.1. The summed E-state index contributed by atoms with van der Waals surface area (Å²) in [6.07, 6.45) is 2.89. The number of benzene rings is 1. The topological polar surface area (TPSA) is 84.5 Å². The standard InChI is InChI=1S/C19H20N2O4S/c22-17(21-15-8-3-6-13-5-1-2-7-14(13)15)12-25-18(23)11-20-19(24)16-9-4-10-26-16/h1-2,4-5,7,9-10,15H,3,6,8,11-12H2,(H,20,24)(H,21,22)/t15-/m1/s1. The molecule has 1 heterocycles. The largest absolute Gasteiger partial charge is 0.454 e. The molecule has 0 radical (unpaired) electrons. The van der Waals surface area contributed by atoms with E-state index in [1.807, 2.05) is 18.2 Å². The van der Waals surface area contributed by atoms with Crippen molar-refractivity contribution in [3.63, 3.8) is 0 Å². The number of amides is 2. The Morgan fingerprint density at radius 2 is 2.00 bits per heavy atom. The summed E-state index contributed by atoms with van der Waals surface area (Å²) in [5.41, 5.74) is 2.37. The molecule has 0 fully saturated rings. The summed E-state index contributed by atoms with van der Waals surface area (Å²) in [5, 5.41) is 7.16. The van der Waals surface area contributed by atoms with Gasteiger partial charge in [-0.15, -0.1) is 11.3 Å². The molecule has 0 unspecified atom stereocenters. The van der Waals surface area contributed by atoms with Gasteiger partial charge in [-0.05, 0) is 41.8 Å². The van der Waals surface area contributed by atoms with Crippen LogP contribution in [-0.2, 0) is 20.7 Å². The van der Waals surface area contributed by atoms with Crippen LogP contribution < -0.4 is 10.6 Å². The maximum Gasteiger partial charge on any atom is 0.325 e. The van der Waals surface area contributed by atoms with E-state index < -0.39 is 5.97 Å². The number of esters is 1. The molecular weight excluding hydrogens is 352 g/mol. The van der Waals surface area contributed by atoms with Crippen molar-refractivity contribution in [3.8, 4) is 0 Å². The summed E-state index contributed by atoms with van der Waals surface area (Å²) in [6, 6.07) is 11.4. The fourth-order valence-electron chi connectivity index (χ4n) is 2.98. The van der Waals surface area contributed by atoms with Crippen LogP contribution >= 0.6 is 11.3 Å². The molecule has 1 aliphatic carbocycles. The molecule has 26 heavy (non-hydrogen) atoms. The average Bonchev–Trinajstić information content (AvgIpc) is 3.19. The number of hydrogen-bond acceptors (Lipinski definition) is 5. The van der Waals surface area contributed by atoms with E-state index in [9.17, 15) is 14.4 Å². The third-order valence-electron chi connectivity index (χ3n) is 4.21. The Morgan fingerprint density at radius 3 is 2.81 bits per heavy atom. The van der Waals surface area contributed by atoms with Gasteiger partial charge in [-0.2, -0.15) is 0 Å². The van der Waals surface area contributed by atoms with Crippen LogP contribution in [0, 0.1) is 0 Å². The van der Waals surface area contributed by atoms with Gasteiger partial charge >= 0.3 is 5.97 Å². The lowest BCUT2D eigenvalue weighted by molar-refractivity contribution is -0.147. The van der Waals surface area contributed by atoms with Gasteiger partial charge < -0.3 is 15.4 Å². The molecule has 1 aliphatic rings. The number of fused-ring (bicyclic) bond motifs is 1. The van der Waals surface area contributed by atoms with Gasteiger partial charge in [0.1, 0.15) is 6.54 Å². The van der Waals surface area contributed by atoms with E-state index in [4.69, 9.17) is 4.74 Å². The first-order chi connectivity index (χ1) is 12.6. The van der Waals surface area contributed by atoms with E-state index in [0.717, 1.165) is 24.8 Å². The number of aryl methyl sites for hydroxylation is 1. The molecule has 1 aromatic carbocycles. The second-order valence-electron chi connectivity index (χ2n) is 6.03. The van der Waals surface area contributed by atoms with Gasteiger partial charge in [0.25, 0.3) is 11.8 Å². The Hall–Kier alpha value is -2.67. The molecule has 1 atom stereocenters. The summed E-state index contributed by atoms with van der Waals surface area (Å²) in [7, 11) is 0. The normalized spacial score (nSPS) is 15.6. The molecule has 2 N–H and O–H groups in total. The molecule has 0 spiro atoms. The Labute approximate surface area is 155 Å². The predicted molar refractivity (Wildman–Crippen MR) is 97.9 cm³/mol. The third-order valence-corrected chi connectivity index (χ3v) is 5.08. The highest BCUT2D eigenvalue weighted by molar-refractivity contribution is 7.12. The maximum atomic E-state index is 12.1. The molecule has 0 bridgehead atoms. The van der Waals surface area contributed by atoms with E-state index >= 15 is 0 Å². The Morgan fingerprint density at radius 1 is 1.15 bits per heavy atom. The van der Waals surface area contributed by atoms with Crippen LogP contribution in [-0.4, -0.2) is 30.9 Å². The van der Waals surface area contributed by atoms with Crippen molar-refractivity contribution >= 4 is 29.1 Å². The first-order valence-electron chi connectivity index (χ1n) is 8.48. The number of ether oxygens (including phenoxy) is 1. The number of nitrogens with one attached hydrogen (secondary N) is 2. The van der Waals surface area contributed by atoms with Gasteiger partial charge in [0.05, 0.1) is 10.9 Å². The zero-order valence-corrected chi connectivity index (χ0v) is 15.0. The first-order valence-corrected chi connectivity index (χ1v) is 9.36. The highest BCUT2D eigenvalue weighted by Crippen LogP contribution is 2.29. The zero-order chi connectivity index (χ0) is 18.4. The zero-order valence-electron chi connectivity index (χ0n) is 14.2. The monoisotopic (exact) mass is 372 g/mol. The van der Waals surface area contributed by atoms with Crippen LogP contribution in [0.3, 0.4) is 0 Å². The molecule has 0 saturated heterocycles. The highest BCUT2D eigenvalue weighted by atomic mass is 32.1. The van der Waals surface area contributed by atoms with Gasteiger partial charge in [0.2, 0.25) is 0 Å². The minimum atomic E-state index is -0.644. The van der Waals surface area contributed by atoms with Crippen molar-refractivity contribution in [2.24, 2.45) is 0 Å². The van der Waals surface area contributed by atoms with Crippen LogP contribution in [0.2, 0.25) is 0 Å². The number of rotatable bonds is 6. The molecule has 7 heteroatoms. The van der Waals surface area contributed by atoms with Crippen molar-refractivity contribution in [1.29, 1.82) is 0 Å². The molecule has 1 aromatic heterocycles. The lowest BCUT2D eigenvalue weighted by Gasteiger charge is -2.26. The van der Waals surface area contributed by atoms with Crippen molar-refractivity contribution in [1.82, 2.24) is 10.6 Å². The van der Waals surface area contributed by atoms with Crippen molar-refractivity contribution in [2.45, 2.75) is 25.3 Å². The van der Waals surface area contributed by atoms with Crippen LogP contribution in [0.5, 0.6) is 0 Å². The summed E-state index contributed by atoms with van der Waals surface area (Å²) in [6.45, 7) is -0.622. The molecule has 2 aromatic rings. The highest BCUT2D eigenvalue weighted by Gasteiger charge is 2.21. The van der Waals surface area contributed by atoms with Crippen LogP contribution in [0.15, 0.2) is 41.8 Å². The van der Waals surface area contributed by atoms with E-state index in [-0.39, 0.29) is 31.0 Å². The van der Waals surface area contributed by atoms with Gasteiger partial charge in [-0.1, -0.05) is 30.3 Å². The van der Waals surface area contributed by atoms with E-state index in [1.165, 1.54) is 16.9 Å². The summed E-state index contributed by atoms with van der Waals surface area (Å²) < 4.78 is 4.94. The molecule has 136 valence electrons. The molecule has 6 nitrogen and oxygen atoms in total. The molecule has 3 rings (SSSR count). The van der Waals surface area contributed by atoms with E-state index in [0.29, 0.717) is 4.88 Å². The van der Waals surface area contributed by atoms with Gasteiger partial charge in [-0.25, -0.2) is 0 Å². The molecule has 0 saturated carbocycles. The maximum absolute atomic E-state index is 12.1. The Kier molecular flexibility index (Phi) is 6.01. The van der Waals surface area contributed by atoms with Crippen molar-refractivity contribution < 1.29 is 19.1 Å². The second kappa shape index (κ2) is 8.62. The summed E-state index contributed by atoms with van der Waals surface area (Å²) >= 11 is 1.29. The Balaban J connectivity index is 1.42.